The van der Waals surface area contributed by atoms with E-state index in [0.717, 1.165) is 37.5 Å². The maximum atomic E-state index is 12.9. The number of fused-ring (bicyclic) bond motifs is 1. The number of ether oxygens (including phenoxy) is 2. The Morgan fingerprint density at radius 2 is 1.97 bits per heavy atom. The average molecular weight is 458 g/mol. The second kappa shape index (κ2) is 8.66. The molecule has 3 atom stereocenters. The van der Waals surface area contributed by atoms with E-state index in [-0.39, 0.29) is 11.0 Å². The van der Waals surface area contributed by atoms with Crippen LogP contribution >= 0.6 is 0 Å². The molecule has 0 amide bonds. The lowest BCUT2D eigenvalue weighted by molar-refractivity contribution is -0.187. The van der Waals surface area contributed by atoms with Crippen LogP contribution in [0.15, 0.2) is 54.6 Å². The maximum absolute atomic E-state index is 12.9. The third-order valence-corrected chi connectivity index (χ3v) is 8.91. The highest BCUT2D eigenvalue weighted by Crippen LogP contribution is 2.59. The number of Topliss-reactive ketones (excluding diaryl/α,β-unsaturated/α-hetero) is 1. The van der Waals surface area contributed by atoms with Gasteiger partial charge in [-0.3, -0.25) is 9.69 Å². The minimum atomic E-state index is -0.285. The molecule has 3 aliphatic carbocycles. The lowest BCUT2D eigenvalue weighted by atomic mass is 9.49. The van der Waals surface area contributed by atoms with Crippen molar-refractivity contribution in [1.29, 1.82) is 0 Å². The molecule has 0 spiro atoms. The molecular formula is C30H35NO3. The Kier molecular flexibility index (Phi) is 5.62. The number of benzene rings is 2. The number of nitrogens with zero attached hydrogens (tertiary/aromatic N) is 1. The van der Waals surface area contributed by atoms with Gasteiger partial charge in [0.05, 0.1) is 5.60 Å². The first-order valence-corrected chi connectivity index (χ1v) is 12.9. The molecular weight excluding hydrogens is 422 g/mol. The summed E-state index contributed by atoms with van der Waals surface area (Å²) >= 11 is 0. The van der Waals surface area contributed by atoms with Gasteiger partial charge in [-0.15, -0.1) is 0 Å². The first kappa shape index (κ1) is 22.1. The molecule has 34 heavy (non-hydrogen) atoms. The molecule has 4 nitrogen and oxygen atoms in total. The van der Waals surface area contributed by atoms with Crippen LogP contribution in [0.5, 0.6) is 5.75 Å². The third-order valence-electron chi connectivity index (χ3n) is 8.91. The molecule has 4 aliphatic rings. The molecule has 0 radical (unpaired) electrons. The summed E-state index contributed by atoms with van der Waals surface area (Å²) in [7, 11) is 1.89. The van der Waals surface area contributed by atoms with Gasteiger partial charge in [-0.2, -0.15) is 0 Å². The van der Waals surface area contributed by atoms with Crippen LogP contribution < -0.4 is 4.74 Å². The van der Waals surface area contributed by atoms with Crippen LogP contribution in [0.25, 0.3) is 6.08 Å². The summed E-state index contributed by atoms with van der Waals surface area (Å²) in [6.45, 7) is 2.76. The van der Waals surface area contributed by atoms with Gasteiger partial charge < -0.3 is 9.47 Å². The average Bonchev–Trinajstić information content (AvgIpc) is 3.68. The number of carbonyl (C=O) groups excluding carboxylic acids is 1. The second-order valence-electron chi connectivity index (χ2n) is 10.7. The first-order chi connectivity index (χ1) is 16.6. The Hall–Kier alpha value is -2.43. The lowest BCUT2D eigenvalue weighted by Gasteiger charge is -2.65. The fraction of sp³-hybridized carbons (Fsp3) is 0.500. The van der Waals surface area contributed by atoms with Gasteiger partial charge in [-0.25, -0.2) is 0 Å². The molecule has 1 heterocycles. The van der Waals surface area contributed by atoms with Crippen molar-refractivity contribution in [2.45, 2.75) is 62.0 Å². The van der Waals surface area contributed by atoms with Crippen molar-refractivity contribution in [2.75, 3.05) is 26.8 Å². The van der Waals surface area contributed by atoms with Crippen LogP contribution in [0.2, 0.25) is 0 Å². The SMILES string of the molecule is CO[C@@]12CCC(=O)C[C@]13CCN(CC1CC1)C2Cc1ccc(OC/C=C/c2ccccc2)cc13. The minimum absolute atomic E-state index is 0.241. The van der Waals surface area contributed by atoms with Gasteiger partial charge >= 0.3 is 0 Å². The van der Waals surface area contributed by atoms with E-state index in [9.17, 15) is 4.79 Å². The van der Waals surface area contributed by atoms with Crippen molar-refractivity contribution >= 4 is 11.9 Å². The largest absolute Gasteiger partial charge is 0.490 e. The zero-order valence-corrected chi connectivity index (χ0v) is 20.2. The summed E-state index contributed by atoms with van der Waals surface area (Å²) in [6, 6.07) is 17.2. The summed E-state index contributed by atoms with van der Waals surface area (Å²) < 4.78 is 12.7. The summed E-state index contributed by atoms with van der Waals surface area (Å²) in [5.41, 5.74) is 3.32. The number of carbonyl (C=O) groups is 1. The molecule has 2 aromatic rings. The molecule has 2 bridgehead atoms. The van der Waals surface area contributed by atoms with Crippen molar-refractivity contribution in [2.24, 2.45) is 5.92 Å². The van der Waals surface area contributed by atoms with E-state index < -0.39 is 0 Å². The highest BCUT2D eigenvalue weighted by atomic mass is 16.5. The Balaban J connectivity index is 1.31. The number of likely N-dealkylation sites (tertiary alicyclic amines) is 1. The van der Waals surface area contributed by atoms with E-state index in [1.54, 1.807) is 0 Å². The van der Waals surface area contributed by atoms with E-state index >= 15 is 0 Å². The third kappa shape index (κ3) is 3.63. The summed E-state index contributed by atoms with van der Waals surface area (Å²) in [5.74, 6) is 2.12. The molecule has 0 aromatic heterocycles. The zero-order valence-electron chi connectivity index (χ0n) is 20.2. The van der Waals surface area contributed by atoms with Crippen molar-refractivity contribution < 1.29 is 14.3 Å². The van der Waals surface area contributed by atoms with Gasteiger partial charge in [0.1, 0.15) is 18.1 Å². The molecule has 6 rings (SSSR count). The summed E-state index contributed by atoms with van der Waals surface area (Å²) in [4.78, 5) is 15.6. The number of hydrogen-bond acceptors (Lipinski definition) is 4. The van der Waals surface area contributed by atoms with Crippen LogP contribution in [0, 0.1) is 5.92 Å². The smallest absolute Gasteiger partial charge is 0.134 e. The van der Waals surface area contributed by atoms with Gasteiger partial charge in [0.15, 0.2) is 0 Å². The first-order valence-electron chi connectivity index (χ1n) is 12.9. The summed E-state index contributed by atoms with van der Waals surface area (Å²) in [6.07, 6.45) is 10.9. The van der Waals surface area contributed by atoms with Crippen molar-refractivity contribution in [3.8, 4) is 5.75 Å². The molecule has 1 aliphatic heterocycles. The molecule has 2 saturated carbocycles. The van der Waals surface area contributed by atoms with Crippen molar-refractivity contribution in [3.63, 3.8) is 0 Å². The zero-order chi connectivity index (χ0) is 23.2. The normalized spacial score (nSPS) is 30.7. The molecule has 2 aromatic carbocycles. The van der Waals surface area contributed by atoms with Gasteiger partial charge in [-0.1, -0.05) is 42.5 Å². The Morgan fingerprint density at radius 1 is 1.12 bits per heavy atom. The van der Waals surface area contributed by atoms with Crippen LogP contribution in [0.4, 0.5) is 0 Å². The van der Waals surface area contributed by atoms with E-state index in [0.29, 0.717) is 31.3 Å². The molecule has 3 fully saturated rings. The number of methoxy groups -OCH3 is 1. The van der Waals surface area contributed by atoms with Crippen LogP contribution in [0.1, 0.15) is 55.2 Å². The molecule has 0 N–H and O–H groups in total. The van der Waals surface area contributed by atoms with E-state index in [1.165, 1.54) is 36.1 Å². The van der Waals surface area contributed by atoms with Gasteiger partial charge in [0.25, 0.3) is 0 Å². The number of rotatable bonds is 7. The fourth-order valence-corrected chi connectivity index (χ4v) is 7.12. The fourth-order valence-electron chi connectivity index (χ4n) is 7.12. The summed E-state index contributed by atoms with van der Waals surface area (Å²) in [5, 5.41) is 0. The van der Waals surface area contributed by atoms with Gasteiger partial charge in [-0.05, 0) is 79.5 Å². The standard InChI is InChI=1S/C30H35NO3/c1-33-30-14-13-25(32)20-29(30)15-16-31(21-23-9-10-23)28(30)18-24-11-12-26(19-27(24)29)34-17-5-8-22-6-3-2-4-7-22/h2-8,11-12,19,23,28H,9-10,13-18,20-21H2,1H3/b8-5+/t28?,29-,30+/m0/s1. The van der Waals surface area contributed by atoms with Crippen LogP contribution in [0.3, 0.4) is 0 Å². The predicted octanol–water partition coefficient (Wildman–Crippen LogP) is 5.20. The Morgan fingerprint density at radius 3 is 2.76 bits per heavy atom. The maximum Gasteiger partial charge on any atom is 0.134 e. The van der Waals surface area contributed by atoms with E-state index in [1.807, 2.05) is 25.3 Å². The number of piperidine rings is 1. The van der Waals surface area contributed by atoms with E-state index in [2.05, 4.69) is 47.4 Å². The molecule has 178 valence electrons. The van der Waals surface area contributed by atoms with E-state index in [4.69, 9.17) is 9.47 Å². The van der Waals surface area contributed by atoms with Crippen molar-refractivity contribution in [1.82, 2.24) is 4.90 Å². The number of hydrogen-bond donors (Lipinski definition) is 0. The minimum Gasteiger partial charge on any atom is -0.490 e. The number of ketones is 1. The predicted molar refractivity (Wildman–Crippen MR) is 134 cm³/mol. The monoisotopic (exact) mass is 457 g/mol. The quantitative estimate of drug-likeness (QED) is 0.573. The van der Waals surface area contributed by atoms with Gasteiger partial charge in [0, 0.05) is 38.0 Å². The highest BCUT2D eigenvalue weighted by molar-refractivity contribution is 5.82. The Labute approximate surface area is 202 Å². The highest BCUT2D eigenvalue weighted by Gasteiger charge is 2.66. The molecule has 1 unspecified atom stereocenters. The van der Waals surface area contributed by atoms with Crippen molar-refractivity contribution in [3.05, 3.63) is 71.3 Å². The molecule has 1 saturated heterocycles. The molecule has 4 heteroatoms. The second-order valence-corrected chi connectivity index (χ2v) is 10.7. The van der Waals surface area contributed by atoms with Crippen LogP contribution in [-0.2, 0) is 21.4 Å². The lowest BCUT2D eigenvalue weighted by Crippen LogP contribution is -2.74. The topological polar surface area (TPSA) is 38.8 Å². The Bertz CT molecular complexity index is 1090. The van der Waals surface area contributed by atoms with Crippen LogP contribution in [-0.4, -0.2) is 49.1 Å². The van der Waals surface area contributed by atoms with Gasteiger partial charge in [0.2, 0.25) is 0 Å².